The molecule has 1 heterocycles. The average Bonchev–Trinajstić information content (AvgIpc) is 2.86. The van der Waals surface area contributed by atoms with Crippen molar-refractivity contribution in [3.63, 3.8) is 0 Å². The minimum absolute atomic E-state index is 0.275. The van der Waals surface area contributed by atoms with E-state index in [0.717, 1.165) is 0 Å². The number of nitrogen functional groups attached to an aromatic ring is 1. The van der Waals surface area contributed by atoms with Crippen LogP contribution in [0.15, 0.2) is 30.5 Å². The molecule has 0 aliphatic rings. The summed E-state index contributed by atoms with van der Waals surface area (Å²) in [6.45, 7) is 4.20. The van der Waals surface area contributed by atoms with Gasteiger partial charge in [0.2, 0.25) is 0 Å². The Morgan fingerprint density at radius 3 is 2.76 bits per heavy atom. The Kier molecular flexibility index (Phi) is 4.26. The fraction of sp³-hybridized carbons (Fsp3) is 0.333. The quantitative estimate of drug-likeness (QED) is 0.940. The van der Waals surface area contributed by atoms with Gasteiger partial charge in [-0.3, -0.25) is 9.48 Å². The van der Waals surface area contributed by atoms with E-state index in [0.29, 0.717) is 23.5 Å². The minimum Gasteiger partial charge on any atom is -0.396 e. The number of aryl methyl sites for hydroxylation is 1. The van der Waals surface area contributed by atoms with Gasteiger partial charge in [0.05, 0.1) is 17.9 Å². The normalized spacial score (nSPS) is 12.2. The van der Waals surface area contributed by atoms with Gasteiger partial charge in [0.15, 0.2) is 0 Å². The summed E-state index contributed by atoms with van der Waals surface area (Å²) >= 11 is 0. The molecule has 1 amide bonds. The summed E-state index contributed by atoms with van der Waals surface area (Å²) < 4.78 is 15.4. The van der Waals surface area contributed by atoms with E-state index in [1.165, 1.54) is 17.2 Å². The number of amides is 1. The second-order valence-corrected chi connectivity index (χ2v) is 4.88. The molecule has 21 heavy (non-hydrogen) atoms. The summed E-state index contributed by atoms with van der Waals surface area (Å²) in [7, 11) is 1.63. The number of nitrogens with two attached hydrogens (primary N) is 1. The fourth-order valence-electron chi connectivity index (χ4n) is 2.24. The highest BCUT2D eigenvalue weighted by molar-refractivity contribution is 5.97. The predicted molar refractivity (Wildman–Crippen MR) is 79.2 cm³/mol. The Morgan fingerprint density at radius 2 is 2.14 bits per heavy atom. The van der Waals surface area contributed by atoms with Crippen LogP contribution in [0.25, 0.3) is 0 Å². The number of anilines is 1. The second kappa shape index (κ2) is 5.95. The van der Waals surface area contributed by atoms with Crippen LogP contribution in [-0.2, 0) is 6.54 Å². The summed E-state index contributed by atoms with van der Waals surface area (Å²) in [5.41, 5.74) is 6.95. The molecule has 0 radical (unpaired) electrons. The van der Waals surface area contributed by atoms with Gasteiger partial charge in [0, 0.05) is 19.2 Å². The van der Waals surface area contributed by atoms with E-state index < -0.39 is 6.04 Å². The maximum absolute atomic E-state index is 13.9. The van der Waals surface area contributed by atoms with Crippen molar-refractivity contribution in [2.24, 2.45) is 0 Å². The van der Waals surface area contributed by atoms with E-state index in [1.54, 1.807) is 36.9 Å². The zero-order valence-corrected chi connectivity index (χ0v) is 12.4. The van der Waals surface area contributed by atoms with Crippen LogP contribution in [-0.4, -0.2) is 27.6 Å². The third-order valence-electron chi connectivity index (χ3n) is 3.63. The smallest absolute Gasteiger partial charge is 0.274 e. The number of carbonyl (C=O) groups excluding carboxylic acids is 1. The van der Waals surface area contributed by atoms with Crippen molar-refractivity contribution in [2.45, 2.75) is 26.4 Å². The van der Waals surface area contributed by atoms with Gasteiger partial charge in [-0.25, -0.2) is 4.39 Å². The molecule has 1 aromatic heterocycles. The van der Waals surface area contributed by atoms with Gasteiger partial charge in [0.25, 0.3) is 5.91 Å². The van der Waals surface area contributed by atoms with Crippen molar-refractivity contribution in [3.05, 3.63) is 47.5 Å². The van der Waals surface area contributed by atoms with Gasteiger partial charge in [-0.2, -0.15) is 5.10 Å². The van der Waals surface area contributed by atoms with E-state index in [-0.39, 0.29) is 11.7 Å². The Labute approximate surface area is 123 Å². The molecule has 1 aromatic carbocycles. The van der Waals surface area contributed by atoms with Crippen LogP contribution in [0, 0.1) is 5.82 Å². The van der Waals surface area contributed by atoms with Crippen LogP contribution in [0.1, 0.15) is 35.9 Å². The molecular formula is C15H19FN4O. The minimum atomic E-state index is -0.404. The fourth-order valence-corrected chi connectivity index (χ4v) is 2.24. The zero-order chi connectivity index (χ0) is 15.6. The highest BCUT2D eigenvalue weighted by atomic mass is 19.1. The van der Waals surface area contributed by atoms with Crippen molar-refractivity contribution >= 4 is 11.6 Å². The molecule has 112 valence electrons. The summed E-state index contributed by atoms with van der Waals surface area (Å²) in [5, 5.41) is 4.06. The van der Waals surface area contributed by atoms with Crippen LogP contribution in [0.3, 0.4) is 0 Å². The lowest BCUT2D eigenvalue weighted by molar-refractivity contribution is 0.0729. The van der Waals surface area contributed by atoms with E-state index in [9.17, 15) is 9.18 Å². The topological polar surface area (TPSA) is 64.2 Å². The van der Waals surface area contributed by atoms with Crippen molar-refractivity contribution in [1.29, 1.82) is 0 Å². The number of carbonyl (C=O) groups is 1. The monoisotopic (exact) mass is 290 g/mol. The summed E-state index contributed by atoms with van der Waals surface area (Å²) in [6.07, 6.45) is 1.46. The molecule has 0 aliphatic carbocycles. The number of nitrogens with zero attached hydrogens (tertiary/aromatic N) is 3. The standard InChI is InChI=1S/C15H19FN4O/c1-4-20-14(13(17)9-18-20)15(21)19(3)10(2)11-7-5-6-8-12(11)16/h5-10H,4,17H2,1-3H3. The van der Waals surface area contributed by atoms with Crippen LogP contribution in [0.4, 0.5) is 10.1 Å². The Morgan fingerprint density at radius 1 is 1.48 bits per heavy atom. The molecule has 2 rings (SSSR count). The molecule has 2 N–H and O–H groups in total. The maximum Gasteiger partial charge on any atom is 0.274 e. The summed E-state index contributed by atoms with van der Waals surface area (Å²) in [6, 6.07) is 6.02. The van der Waals surface area contributed by atoms with Gasteiger partial charge in [0.1, 0.15) is 11.5 Å². The van der Waals surface area contributed by atoms with Crippen molar-refractivity contribution in [3.8, 4) is 0 Å². The third kappa shape index (κ3) is 2.74. The van der Waals surface area contributed by atoms with Crippen molar-refractivity contribution < 1.29 is 9.18 Å². The molecule has 2 aromatic rings. The first-order chi connectivity index (χ1) is 9.97. The molecule has 1 unspecified atom stereocenters. The molecule has 0 fully saturated rings. The Bertz CT molecular complexity index is 653. The number of aromatic nitrogens is 2. The first-order valence-electron chi connectivity index (χ1n) is 6.80. The number of benzene rings is 1. The van der Waals surface area contributed by atoms with E-state index in [2.05, 4.69) is 5.10 Å². The van der Waals surface area contributed by atoms with Crippen LogP contribution >= 0.6 is 0 Å². The van der Waals surface area contributed by atoms with Crippen molar-refractivity contribution in [2.75, 3.05) is 12.8 Å². The lowest BCUT2D eigenvalue weighted by Crippen LogP contribution is -2.32. The number of halogens is 1. The highest BCUT2D eigenvalue weighted by Crippen LogP contribution is 2.24. The molecule has 0 spiro atoms. The Hall–Kier alpha value is -2.37. The van der Waals surface area contributed by atoms with Crippen molar-refractivity contribution in [1.82, 2.24) is 14.7 Å². The lowest BCUT2D eigenvalue weighted by Gasteiger charge is -2.26. The largest absolute Gasteiger partial charge is 0.396 e. The third-order valence-corrected chi connectivity index (χ3v) is 3.63. The van der Waals surface area contributed by atoms with Crippen LogP contribution in [0.2, 0.25) is 0 Å². The molecular weight excluding hydrogens is 271 g/mol. The maximum atomic E-state index is 13.9. The molecule has 0 aliphatic heterocycles. The highest BCUT2D eigenvalue weighted by Gasteiger charge is 2.25. The first kappa shape index (κ1) is 15.0. The first-order valence-corrected chi connectivity index (χ1v) is 6.80. The molecule has 6 heteroatoms. The predicted octanol–water partition coefficient (Wildman–Crippen LogP) is 2.46. The zero-order valence-electron chi connectivity index (χ0n) is 12.4. The second-order valence-electron chi connectivity index (χ2n) is 4.88. The number of hydrogen-bond acceptors (Lipinski definition) is 3. The van der Waals surface area contributed by atoms with E-state index >= 15 is 0 Å². The summed E-state index contributed by atoms with van der Waals surface area (Å²) in [4.78, 5) is 14.1. The molecule has 0 saturated heterocycles. The molecule has 0 saturated carbocycles. The van der Waals surface area contributed by atoms with Gasteiger partial charge in [-0.05, 0) is 19.9 Å². The molecule has 0 bridgehead atoms. The van der Waals surface area contributed by atoms with Crippen LogP contribution in [0.5, 0.6) is 0 Å². The molecule has 5 nitrogen and oxygen atoms in total. The summed E-state index contributed by atoms with van der Waals surface area (Å²) in [5.74, 6) is -0.607. The van der Waals surface area contributed by atoms with Gasteiger partial charge in [-0.15, -0.1) is 0 Å². The number of hydrogen-bond donors (Lipinski definition) is 1. The lowest BCUT2D eigenvalue weighted by atomic mass is 10.1. The van der Waals surface area contributed by atoms with E-state index in [4.69, 9.17) is 5.73 Å². The average molecular weight is 290 g/mol. The van der Waals surface area contributed by atoms with Gasteiger partial charge >= 0.3 is 0 Å². The van der Waals surface area contributed by atoms with Gasteiger partial charge < -0.3 is 10.6 Å². The van der Waals surface area contributed by atoms with Crippen LogP contribution < -0.4 is 5.73 Å². The molecule has 1 atom stereocenters. The SMILES string of the molecule is CCn1ncc(N)c1C(=O)N(C)C(C)c1ccccc1F. The van der Waals surface area contributed by atoms with Gasteiger partial charge in [-0.1, -0.05) is 18.2 Å². The Balaban J connectivity index is 2.31. The van der Waals surface area contributed by atoms with E-state index in [1.807, 2.05) is 6.92 Å². The number of rotatable bonds is 4.